The van der Waals surface area contributed by atoms with Gasteiger partial charge in [-0.05, 0) is 57.2 Å². The number of hydrogen-bond donors (Lipinski definition) is 1. The zero-order valence-corrected chi connectivity index (χ0v) is 19.2. The fourth-order valence-electron chi connectivity index (χ4n) is 3.41. The lowest BCUT2D eigenvalue weighted by atomic mass is 10.1. The standard InChI is InChI=1S/C25H27N3O5/c1-5-28(6-2)24(30)18-8-7-9-19(12-18)27-23(29)15-33-25(31)21-13-17-10-11-20(32-4)14-22(17)26-16(21)3/h7-14H,5-6,15H2,1-4H3,(H,27,29). The minimum absolute atomic E-state index is 0.112. The summed E-state index contributed by atoms with van der Waals surface area (Å²) in [5.74, 6) is -0.589. The number of benzene rings is 2. The maximum Gasteiger partial charge on any atom is 0.340 e. The van der Waals surface area contributed by atoms with Gasteiger partial charge in [-0.15, -0.1) is 0 Å². The van der Waals surface area contributed by atoms with Crippen LogP contribution in [0.1, 0.15) is 40.3 Å². The van der Waals surface area contributed by atoms with Crippen LogP contribution in [-0.4, -0.2) is 54.5 Å². The number of nitrogens with zero attached hydrogens (tertiary/aromatic N) is 2. The molecule has 0 unspecified atom stereocenters. The van der Waals surface area contributed by atoms with Crippen LogP contribution in [0, 0.1) is 6.92 Å². The third kappa shape index (κ3) is 5.65. The molecular weight excluding hydrogens is 422 g/mol. The predicted molar refractivity (Wildman–Crippen MR) is 126 cm³/mol. The molecule has 8 nitrogen and oxygen atoms in total. The lowest BCUT2D eigenvalue weighted by Gasteiger charge is -2.19. The summed E-state index contributed by atoms with van der Waals surface area (Å²) in [5, 5.41) is 3.42. The first-order chi connectivity index (χ1) is 15.9. The number of fused-ring (bicyclic) bond motifs is 1. The van der Waals surface area contributed by atoms with Crippen molar-refractivity contribution in [3.63, 3.8) is 0 Å². The van der Waals surface area contributed by atoms with Crippen molar-refractivity contribution >= 4 is 34.4 Å². The Morgan fingerprint density at radius 2 is 1.79 bits per heavy atom. The van der Waals surface area contributed by atoms with Gasteiger partial charge in [-0.3, -0.25) is 14.6 Å². The number of ether oxygens (including phenoxy) is 2. The first kappa shape index (κ1) is 23.7. The summed E-state index contributed by atoms with van der Waals surface area (Å²) >= 11 is 0. The Kier molecular flexibility index (Phi) is 7.61. The minimum atomic E-state index is -0.640. The van der Waals surface area contributed by atoms with Crippen molar-refractivity contribution < 1.29 is 23.9 Å². The van der Waals surface area contributed by atoms with E-state index in [-0.39, 0.29) is 11.5 Å². The summed E-state index contributed by atoms with van der Waals surface area (Å²) in [4.78, 5) is 43.5. The molecule has 1 heterocycles. The number of carbonyl (C=O) groups is 3. The van der Waals surface area contributed by atoms with Gasteiger partial charge in [0.2, 0.25) is 0 Å². The van der Waals surface area contributed by atoms with Crippen LogP contribution in [0.3, 0.4) is 0 Å². The average Bonchev–Trinajstić information content (AvgIpc) is 2.82. The lowest BCUT2D eigenvalue weighted by molar-refractivity contribution is -0.119. The molecular formula is C25H27N3O5. The van der Waals surface area contributed by atoms with Crippen molar-refractivity contribution in [2.75, 3.05) is 32.1 Å². The fourth-order valence-corrected chi connectivity index (χ4v) is 3.41. The zero-order chi connectivity index (χ0) is 24.0. The van der Waals surface area contributed by atoms with Crippen molar-refractivity contribution in [3.05, 3.63) is 65.4 Å². The number of hydrogen-bond acceptors (Lipinski definition) is 6. The predicted octanol–water partition coefficient (Wildman–Crippen LogP) is 3.83. The van der Waals surface area contributed by atoms with Gasteiger partial charge < -0.3 is 19.7 Å². The molecule has 0 aliphatic rings. The van der Waals surface area contributed by atoms with Gasteiger partial charge in [0.05, 0.1) is 23.9 Å². The Labute approximate surface area is 192 Å². The smallest absolute Gasteiger partial charge is 0.340 e. The van der Waals surface area contributed by atoms with E-state index >= 15 is 0 Å². The summed E-state index contributed by atoms with van der Waals surface area (Å²) in [7, 11) is 1.57. The minimum Gasteiger partial charge on any atom is -0.497 e. The first-order valence-corrected chi connectivity index (χ1v) is 10.7. The molecule has 0 radical (unpaired) electrons. The van der Waals surface area contributed by atoms with Crippen molar-refractivity contribution in [1.29, 1.82) is 0 Å². The fraction of sp³-hybridized carbons (Fsp3) is 0.280. The highest BCUT2D eigenvalue weighted by molar-refractivity contribution is 5.99. The van der Waals surface area contributed by atoms with E-state index in [1.165, 1.54) is 0 Å². The normalized spacial score (nSPS) is 10.5. The van der Waals surface area contributed by atoms with Crippen molar-refractivity contribution in [1.82, 2.24) is 9.88 Å². The quantitative estimate of drug-likeness (QED) is 0.525. The molecule has 172 valence electrons. The third-order valence-electron chi connectivity index (χ3n) is 5.21. The van der Waals surface area contributed by atoms with Gasteiger partial charge in [0.15, 0.2) is 6.61 Å². The van der Waals surface area contributed by atoms with Gasteiger partial charge in [-0.2, -0.15) is 0 Å². The highest BCUT2D eigenvalue weighted by Crippen LogP contribution is 2.22. The van der Waals surface area contributed by atoms with Crippen LogP contribution in [0.5, 0.6) is 5.75 Å². The highest BCUT2D eigenvalue weighted by Gasteiger charge is 2.16. The van der Waals surface area contributed by atoms with Gasteiger partial charge in [0, 0.05) is 35.8 Å². The molecule has 0 aliphatic carbocycles. The second kappa shape index (κ2) is 10.6. The molecule has 0 fully saturated rings. The molecule has 2 amide bonds. The average molecular weight is 450 g/mol. The number of pyridine rings is 1. The van der Waals surface area contributed by atoms with Gasteiger partial charge in [-0.25, -0.2) is 4.79 Å². The van der Waals surface area contributed by atoms with Crippen LogP contribution in [0.4, 0.5) is 5.69 Å². The summed E-state index contributed by atoms with van der Waals surface area (Å²) in [5.41, 5.74) is 2.39. The number of aromatic nitrogens is 1. The molecule has 0 aliphatic heterocycles. The molecule has 0 saturated carbocycles. The maximum absolute atomic E-state index is 12.6. The van der Waals surface area contributed by atoms with Crippen LogP contribution in [0.15, 0.2) is 48.5 Å². The number of carbonyl (C=O) groups excluding carboxylic acids is 3. The molecule has 2 aromatic carbocycles. The van der Waals surface area contributed by atoms with Gasteiger partial charge >= 0.3 is 5.97 Å². The number of methoxy groups -OCH3 is 1. The molecule has 33 heavy (non-hydrogen) atoms. The molecule has 8 heteroatoms. The molecule has 0 atom stereocenters. The molecule has 1 aromatic heterocycles. The largest absolute Gasteiger partial charge is 0.497 e. The van der Waals surface area contributed by atoms with E-state index in [0.29, 0.717) is 41.3 Å². The molecule has 3 aromatic rings. The third-order valence-corrected chi connectivity index (χ3v) is 5.21. The second-order valence-corrected chi connectivity index (χ2v) is 7.36. The number of anilines is 1. The SMILES string of the molecule is CCN(CC)C(=O)c1cccc(NC(=O)COC(=O)c2cc3ccc(OC)cc3nc2C)c1. The van der Waals surface area contributed by atoms with Gasteiger partial charge in [0.1, 0.15) is 5.75 Å². The zero-order valence-electron chi connectivity index (χ0n) is 19.2. The van der Waals surface area contributed by atoms with Crippen LogP contribution >= 0.6 is 0 Å². The van der Waals surface area contributed by atoms with Crippen LogP contribution in [0.25, 0.3) is 10.9 Å². The van der Waals surface area contributed by atoms with E-state index in [4.69, 9.17) is 9.47 Å². The Morgan fingerprint density at radius 3 is 2.48 bits per heavy atom. The number of esters is 1. The molecule has 1 N–H and O–H groups in total. The van der Waals surface area contributed by atoms with Crippen molar-refractivity contribution in [3.8, 4) is 5.75 Å². The Balaban J connectivity index is 1.64. The van der Waals surface area contributed by atoms with Crippen LogP contribution in [0.2, 0.25) is 0 Å². The Morgan fingerprint density at radius 1 is 1.03 bits per heavy atom. The number of aryl methyl sites for hydroxylation is 1. The summed E-state index contributed by atoms with van der Waals surface area (Å²) in [6, 6.07) is 13.7. The number of nitrogens with one attached hydrogen (secondary N) is 1. The molecule has 0 spiro atoms. The van der Waals surface area contributed by atoms with E-state index in [1.807, 2.05) is 13.8 Å². The Hall–Kier alpha value is -3.94. The van der Waals surface area contributed by atoms with E-state index in [1.54, 1.807) is 67.5 Å². The van der Waals surface area contributed by atoms with Crippen LogP contribution in [-0.2, 0) is 9.53 Å². The summed E-state index contributed by atoms with van der Waals surface area (Å²) in [6.45, 7) is 6.24. The number of amides is 2. The second-order valence-electron chi connectivity index (χ2n) is 7.36. The summed E-state index contributed by atoms with van der Waals surface area (Å²) in [6.07, 6.45) is 0. The monoisotopic (exact) mass is 449 g/mol. The van der Waals surface area contributed by atoms with E-state index in [0.717, 1.165) is 5.39 Å². The first-order valence-electron chi connectivity index (χ1n) is 10.7. The Bertz CT molecular complexity index is 1190. The summed E-state index contributed by atoms with van der Waals surface area (Å²) < 4.78 is 10.4. The molecule has 0 saturated heterocycles. The topological polar surface area (TPSA) is 97.8 Å². The number of rotatable bonds is 8. The van der Waals surface area contributed by atoms with Crippen LogP contribution < -0.4 is 10.1 Å². The van der Waals surface area contributed by atoms with E-state index in [2.05, 4.69) is 10.3 Å². The van der Waals surface area contributed by atoms with Gasteiger partial charge in [-0.1, -0.05) is 6.07 Å². The van der Waals surface area contributed by atoms with Gasteiger partial charge in [0.25, 0.3) is 11.8 Å². The van der Waals surface area contributed by atoms with E-state index < -0.39 is 18.5 Å². The molecule has 0 bridgehead atoms. The maximum atomic E-state index is 12.6. The lowest BCUT2D eigenvalue weighted by Crippen LogP contribution is -2.30. The van der Waals surface area contributed by atoms with Crippen molar-refractivity contribution in [2.24, 2.45) is 0 Å². The molecule has 3 rings (SSSR count). The van der Waals surface area contributed by atoms with E-state index in [9.17, 15) is 14.4 Å². The highest BCUT2D eigenvalue weighted by atomic mass is 16.5. The van der Waals surface area contributed by atoms with Crippen molar-refractivity contribution in [2.45, 2.75) is 20.8 Å².